The van der Waals surface area contributed by atoms with Gasteiger partial charge in [0.05, 0.1) is 42.8 Å². The SMILES string of the molecule is O=C(O)N1CCOCC1C(CO)(CO)c1ccccc1[N+](=O)[O-]. The van der Waals surface area contributed by atoms with Gasteiger partial charge in [-0.05, 0) is 0 Å². The van der Waals surface area contributed by atoms with E-state index in [1.165, 1.54) is 24.3 Å². The summed E-state index contributed by atoms with van der Waals surface area (Å²) >= 11 is 0. The van der Waals surface area contributed by atoms with E-state index in [9.17, 15) is 30.2 Å². The summed E-state index contributed by atoms with van der Waals surface area (Å²) in [4.78, 5) is 23.2. The summed E-state index contributed by atoms with van der Waals surface area (Å²) in [5.41, 5.74) is -1.74. The second kappa shape index (κ2) is 6.90. The lowest BCUT2D eigenvalue weighted by atomic mass is 9.73. The molecule has 1 amide bonds. The summed E-state index contributed by atoms with van der Waals surface area (Å²) in [6, 6.07) is 4.73. The van der Waals surface area contributed by atoms with Gasteiger partial charge in [-0.1, -0.05) is 18.2 Å². The van der Waals surface area contributed by atoms with Crippen LogP contribution >= 0.6 is 0 Å². The number of nitro benzene ring substituents is 1. The fraction of sp³-hybridized carbons (Fsp3) is 0.500. The van der Waals surface area contributed by atoms with E-state index in [4.69, 9.17) is 4.74 Å². The standard InChI is InChI=1S/C14H18N2O7/c17-8-14(9-18,10-3-1-2-4-11(10)16(21)22)12-7-23-6-5-15(12)13(19)20/h1-4,12,17-18H,5-9H2,(H,19,20). The zero-order valence-electron chi connectivity index (χ0n) is 12.3. The van der Waals surface area contributed by atoms with Gasteiger partial charge in [0.2, 0.25) is 0 Å². The predicted molar refractivity (Wildman–Crippen MR) is 78.3 cm³/mol. The first kappa shape index (κ1) is 17.1. The summed E-state index contributed by atoms with van der Waals surface area (Å²) in [7, 11) is 0. The first-order valence-electron chi connectivity index (χ1n) is 7.01. The lowest BCUT2D eigenvalue weighted by Gasteiger charge is -2.45. The quantitative estimate of drug-likeness (QED) is 0.519. The van der Waals surface area contributed by atoms with Gasteiger partial charge in [-0.3, -0.25) is 15.0 Å². The number of hydrogen-bond donors (Lipinski definition) is 3. The van der Waals surface area contributed by atoms with Crippen LogP contribution in [0.4, 0.5) is 10.5 Å². The second-order valence-corrected chi connectivity index (χ2v) is 5.31. The molecule has 0 radical (unpaired) electrons. The van der Waals surface area contributed by atoms with Crippen molar-refractivity contribution in [3.63, 3.8) is 0 Å². The van der Waals surface area contributed by atoms with Crippen LogP contribution in [0.25, 0.3) is 0 Å². The molecule has 23 heavy (non-hydrogen) atoms. The van der Waals surface area contributed by atoms with E-state index in [2.05, 4.69) is 0 Å². The van der Waals surface area contributed by atoms with Crippen molar-refractivity contribution in [1.82, 2.24) is 4.90 Å². The molecule has 1 aliphatic heterocycles. The number of hydrogen-bond acceptors (Lipinski definition) is 6. The molecule has 1 aliphatic rings. The van der Waals surface area contributed by atoms with Gasteiger partial charge in [0.15, 0.2) is 0 Å². The summed E-state index contributed by atoms with van der Waals surface area (Å²) in [6.45, 7) is -1.15. The smallest absolute Gasteiger partial charge is 0.407 e. The topological polar surface area (TPSA) is 133 Å². The molecule has 0 aromatic heterocycles. The molecule has 126 valence electrons. The van der Waals surface area contributed by atoms with Crippen LogP contribution in [0.1, 0.15) is 5.56 Å². The van der Waals surface area contributed by atoms with Crippen molar-refractivity contribution in [1.29, 1.82) is 0 Å². The third-order valence-electron chi connectivity index (χ3n) is 4.21. The van der Waals surface area contributed by atoms with Gasteiger partial charge in [0.25, 0.3) is 5.69 Å². The molecular weight excluding hydrogens is 308 g/mol. The van der Waals surface area contributed by atoms with Crippen LogP contribution < -0.4 is 0 Å². The number of benzene rings is 1. The average molecular weight is 326 g/mol. The van der Waals surface area contributed by atoms with Gasteiger partial charge in [-0.2, -0.15) is 0 Å². The normalized spacial score (nSPS) is 18.7. The maximum atomic E-state index is 11.5. The van der Waals surface area contributed by atoms with Crippen molar-refractivity contribution >= 4 is 11.8 Å². The second-order valence-electron chi connectivity index (χ2n) is 5.31. The highest BCUT2D eigenvalue weighted by molar-refractivity contribution is 5.66. The molecule has 0 spiro atoms. The van der Waals surface area contributed by atoms with Crippen LogP contribution in [0.5, 0.6) is 0 Å². The van der Waals surface area contributed by atoms with Gasteiger partial charge in [0, 0.05) is 18.2 Å². The van der Waals surface area contributed by atoms with Crippen LogP contribution in [0.15, 0.2) is 24.3 Å². The van der Waals surface area contributed by atoms with Crippen LogP contribution in [0.2, 0.25) is 0 Å². The van der Waals surface area contributed by atoms with E-state index in [-0.39, 0.29) is 31.0 Å². The van der Waals surface area contributed by atoms with Crippen LogP contribution in [-0.2, 0) is 10.2 Å². The molecule has 1 fully saturated rings. The number of carbonyl (C=O) groups is 1. The minimum absolute atomic E-state index is 0.0579. The fourth-order valence-electron chi connectivity index (χ4n) is 2.95. The minimum atomic E-state index is -1.54. The summed E-state index contributed by atoms with van der Waals surface area (Å²) in [5, 5.41) is 40.5. The highest BCUT2D eigenvalue weighted by atomic mass is 16.6. The number of aliphatic hydroxyl groups is 2. The number of ether oxygens (including phenoxy) is 1. The molecule has 1 atom stereocenters. The Kier molecular flexibility index (Phi) is 5.14. The Morgan fingerprint density at radius 3 is 2.61 bits per heavy atom. The minimum Gasteiger partial charge on any atom is -0.465 e. The molecule has 1 saturated heterocycles. The molecule has 0 saturated carbocycles. The molecule has 0 aliphatic carbocycles. The van der Waals surface area contributed by atoms with E-state index in [1.807, 2.05) is 0 Å². The number of nitro groups is 1. The number of rotatable bonds is 5. The van der Waals surface area contributed by atoms with E-state index in [1.54, 1.807) is 0 Å². The average Bonchev–Trinajstić information content (AvgIpc) is 2.57. The maximum Gasteiger partial charge on any atom is 0.407 e. The Labute approximate surface area is 131 Å². The lowest BCUT2D eigenvalue weighted by Crippen LogP contribution is -2.61. The van der Waals surface area contributed by atoms with E-state index >= 15 is 0 Å². The largest absolute Gasteiger partial charge is 0.465 e. The fourth-order valence-corrected chi connectivity index (χ4v) is 2.95. The van der Waals surface area contributed by atoms with Crippen molar-refractivity contribution < 1.29 is 29.8 Å². The predicted octanol–water partition coefficient (Wildman–Crippen LogP) is 0.196. The van der Waals surface area contributed by atoms with Gasteiger partial charge < -0.3 is 20.1 Å². The Hall–Kier alpha value is -2.23. The third-order valence-corrected chi connectivity index (χ3v) is 4.21. The molecule has 1 unspecified atom stereocenters. The molecule has 9 heteroatoms. The van der Waals surface area contributed by atoms with Gasteiger partial charge in [-0.25, -0.2) is 4.79 Å². The molecular formula is C14H18N2O7. The number of morpholine rings is 1. The van der Waals surface area contributed by atoms with Crippen molar-refractivity contribution in [3.05, 3.63) is 39.9 Å². The Bertz CT molecular complexity index is 588. The third kappa shape index (κ3) is 2.98. The molecule has 1 aromatic carbocycles. The number of nitrogens with zero attached hydrogens (tertiary/aromatic N) is 2. The monoisotopic (exact) mass is 326 g/mol. The highest BCUT2D eigenvalue weighted by Gasteiger charge is 2.49. The number of para-hydroxylation sites is 1. The van der Waals surface area contributed by atoms with Crippen LogP contribution in [0, 0.1) is 10.1 Å². The van der Waals surface area contributed by atoms with Crippen molar-refractivity contribution in [3.8, 4) is 0 Å². The molecule has 9 nitrogen and oxygen atoms in total. The highest BCUT2D eigenvalue weighted by Crippen LogP contribution is 2.37. The first-order chi connectivity index (χ1) is 11.0. The number of carboxylic acid groups (broad SMARTS) is 1. The van der Waals surface area contributed by atoms with Gasteiger partial charge >= 0.3 is 6.09 Å². The summed E-state index contributed by atoms with van der Waals surface area (Å²) in [5.74, 6) is 0. The van der Waals surface area contributed by atoms with Gasteiger partial charge in [0.1, 0.15) is 0 Å². The van der Waals surface area contributed by atoms with Crippen molar-refractivity contribution in [2.45, 2.75) is 11.5 Å². The molecule has 1 heterocycles. The first-order valence-corrected chi connectivity index (χ1v) is 7.01. The van der Waals surface area contributed by atoms with E-state index in [0.717, 1.165) is 4.90 Å². The van der Waals surface area contributed by atoms with Crippen molar-refractivity contribution in [2.24, 2.45) is 0 Å². The van der Waals surface area contributed by atoms with E-state index < -0.39 is 35.7 Å². The molecule has 3 N–H and O–H groups in total. The number of amides is 1. The lowest BCUT2D eigenvalue weighted by molar-refractivity contribution is -0.386. The Morgan fingerprint density at radius 2 is 2.04 bits per heavy atom. The number of aliphatic hydroxyl groups excluding tert-OH is 2. The zero-order chi connectivity index (χ0) is 17.0. The zero-order valence-corrected chi connectivity index (χ0v) is 12.3. The summed E-state index contributed by atoms with van der Waals surface area (Å²) < 4.78 is 5.30. The molecule has 2 rings (SSSR count). The summed E-state index contributed by atoms with van der Waals surface area (Å²) in [6.07, 6.45) is -1.23. The van der Waals surface area contributed by atoms with Gasteiger partial charge in [-0.15, -0.1) is 0 Å². The van der Waals surface area contributed by atoms with Crippen LogP contribution in [-0.4, -0.2) is 70.3 Å². The molecule has 0 bridgehead atoms. The Morgan fingerprint density at radius 1 is 1.39 bits per heavy atom. The van der Waals surface area contributed by atoms with Crippen molar-refractivity contribution in [2.75, 3.05) is 33.0 Å². The molecule has 1 aromatic rings. The van der Waals surface area contributed by atoms with Crippen LogP contribution in [0.3, 0.4) is 0 Å². The Balaban J connectivity index is 2.59. The van der Waals surface area contributed by atoms with E-state index in [0.29, 0.717) is 0 Å². The maximum absolute atomic E-state index is 11.5.